The molecule has 0 saturated carbocycles. The molecule has 2 saturated heterocycles. The van der Waals surface area contributed by atoms with Gasteiger partial charge in [0.15, 0.2) is 5.69 Å². The molecule has 8 heterocycles. The summed E-state index contributed by atoms with van der Waals surface area (Å²) in [4.78, 5) is 66.3. The van der Waals surface area contributed by atoms with Crippen molar-refractivity contribution in [2.45, 2.75) is 25.7 Å². The van der Waals surface area contributed by atoms with Crippen LogP contribution in [0.5, 0.6) is 0 Å². The number of amides is 3. The van der Waals surface area contributed by atoms with Gasteiger partial charge in [-0.25, -0.2) is 24.4 Å². The van der Waals surface area contributed by atoms with Crippen molar-refractivity contribution in [3.63, 3.8) is 0 Å². The summed E-state index contributed by atoms with van der Waals surface area (Å²) in [5, 5.41) is 19.6. The molecule has 3 amide bonds. The minimum Gasteiger partial charge on any atom is -0.477 e. The number of nitrogen functional groups attached to an aromatic ring is 1. The number of hydrogen-bond donors (Lipinski definition) is 3. The highest BCUT2D eigenvalue weighted by Gasteiger charge is 2.37. The number of fused-ring (bicyclic) bond motifs is 2. The minimum atomic E-state index is -1.29. The van der Waals surface area contributed by atoms with E-state index < -0.39 is 54.5 Å². The number of nitrogens with two attached hydrogens (primary N) is 1. The van der Waals surface area contributed by atoms with Gasteiger partial charge in [0.1, 0.15) is 17.0 Å². The Morgan fingerprint density at radius 2 is 0.582 bits per heavy atom. The number of hydrogen-bond acceptors (Lipinski definition) is 15. The Kier molecular flexibility index (Phi) is 329. The average molecular weight is 2330 g/mol. The first-order valence-electron chi connectivity index (χ1n) is 28.9. The third-order valence-corrected chi connectivity index (χ3v) is 10.3. The lowest BCUT2D eigenvalue weighted by Gasteiger charge is -2.35. The molecule has 2 aliphatic heterocycles. The van der Waals surface area contributed by atoms with Crippen molar-refractivity contribution in [2.24, 2.45) is 0 Å². The van der Waals surface area contributed by atoms with E-state index in [1.807, 2.05) is 25.1 Å². The summed E-state index contributed by atoms with van der Waals surface area (Å²) in [7, 11) is 2.68. The molecule has 0 aliphatic carbocycles. The van der Waals surface area contributed by atoms with Crippen molar-refractivity contribution in [2.75, 3.05) is 51.4 Å². The zero-order valence-electron chi connectivity index (χ0n) is 71.6. The van der Waals surface area contributed by atoms with Crippen molar-refractivity contribution in [1.82, 2.24) is 48.9 Å². The predicted octanol–water partition coefficient (Wildman–Crippen LogP) is 37.9. The Hall–Kier alpha value is -13.9. The molecule has 864 valence electrons. The largest absolute Gasteiger partial charge is 0.477 e. The van der Waals surface area contributed by atoms with Crippen LogP contribution in [0.15, 0.2) is 106 Å². The third kappa shape index (κ3) is 122. The molecule has 2 aliphatic rings. The van der Waals surface area contributed by atoms with Gasteiger partial charge in [0, 0.05) is 409 Å². The van der Waals surface area contributed by atoms with Gasteiger partial charge in [-0.15, -0.1) is 0 Å². The van der Waals surface area contributed by atoms with E-state index in [1.54, 1.807) is 30.0 Å². The number of nitrogens with zero attached hydrogens (tertiary/aromatic N) is 10. The molecule has 141 heavy (non-hydrogen) atoms. The Bertz CT molecular complexity index is 3650. The molecule has 0 spiro atoms. The second-order valence-corrected chi connectivity index (χ2v) is 14.5. The van der Waals surface area contributed by atoms with Gasteiger partial charge < -0.3 is 44.5 Å². The van der Waals surface area contributed by atoms with Crippen LogP contribution in [0.4, 0.5) is 369 Å². The van der Waals surface area contributed by atoms with Crippen LogP contribution >= 0.6 is 0 Å². The van der Waals surface area contributed by atoms with Crippen molar-refractivity contribution in [3.8, 4) is 22.8 Å². The van der Waals surface area contributed by atoms with Crippen LogP contribution in [0.25, 0.3) is 34.1 Å². The highest BCUT2D eigenvalue weighted by Crippen LogP contribution is 2.31. The van der Waals surface area contributed by atoms with Gasteiger partial charge in [0.05, 0.1) is 49.4 Å². The van der Waals surface area contributed by atoms with Crippen LogP contribution in [-0.2, 0) is 9.47 Å². The number of aromatic nitrogens is 8. The fourth-order valence-electron chi connectivity index (χ4n) is 6.48. The second kappa shape index (κ2) is 249. The van der Waals surface area contributed by atoms with Gasteiger partial charge in [0.25, 0.3) is 5.91 Å². The SMILES string of the molecule is COC(=O)N1CC(c2nc(-c3ccc(C)c(N)c3)no2)C1.FF.FF.FF.FF.FF.FF.FF.FF.FF.FF.FF.FF.FF.FF.FF.FF.FF.FF.FF.FF.FF.FF.FF.FF.FF.FF.FF.FF.FF.FF.FF.FF.FF.FF.FF.FF.FF.FF.[2H]c1c([2H])c([2H])n2c(C(=O)Nc3cc(-c4noc(C5CN(C(=O)OC)C5)n4)ccc3C)cnc2c1[2H].[2H]c1c([2H])c([2H])n2c(C(=O)O)cnc2c1[2H]. The molecule has 4 N–H and O–H groups in total. The zero-order valence-corrected chi connectivity index (χ0v) is 63.6. The molecule has 0 unspecified atom stereocenters. The molecular weight excluding hydrogens is 2280 g/mol. The number of methoxy groups -OCH3 is 2. The molecule has 8 aromatic rings. The Labute approximate surface area is 730 Å². The first-order valence-corrected chi connectivity index (χ1v) is 24.9. The molecule has 0 bridgehead atoms. The Balaban J connectivity index is -0.0000000374. The number of ether oxygens (including phenoxy) is 2. The molecule has 2 fully saturated rings. The maximum absolute atomic E-state index is 13.1. The van der Waals surface area contributed by atoms with Gasteiger partial charge in [0.2, 0.25) is 23.4 Å². The first kappa shape index (κ1) is 186. The van der Waals surface area contributed by atoms with E-state index >= 15 is 0 Å². The van der Waals surface area contributed by atoms with Gasteiger partial charge in [-0.3, -0.25) is 13.6 Å². The fraction of sp³-hybridized carbons (Fsp3) is 0.227. The molecule has 10 rings (SSSR count). The summed E-state index contributed by atoms with van der Waals surface area (Å²) in [5.41, 5.74) is 9.74. The number of likely N-dealkylation sites (tertiary alicyclic amines) is 2. The smallest absolute Gasteiger partial charge is 0.409 e. The maximum atomic E-state index is 13.1. The van der Waals surface area contributed by atoms with Crippen LogP contribution < -0.4 is 11.1 Å². The van der Waals surface area contributed by atoms with Gasteiger partial charge in [-0.1, -0.05) is 46.7 Å². The Morgan fingerprint density at radius 1 is 0.355 bits per heavy atom. The molecule has 97 heteroatoms. The summed E-state index contributed by atoms with van der Waals surface area (Å²) < 4.78 is 692. The lowest BCUT2D eigenvalue weighted by atomic mass is 10.0. The van der Waals surface area contributed by atoms with Gasteiger partial charge >= 0.3 is 18.2 Å². The van der Waals surface area contributed by atoms with Crippen molar-refractivity contribution in [3.05, 3.63) is 132 Å². The van der Waals surface area contributed by atoms with Crippen molar-refractivity contribution >= 4 is 46.7 Å². The van der Waals surface area contributed by atoms with Gasteiger partial charge in [-0.2, -0.15) is 9.97 Å². The topological polar surface area (TPSA) is 264 Å². The Morgan fingerprint density at radius 3 is 0.816 bits per heavy atom. The van der Waals surface area contributed by atoms with Gasteiger partial charge in [-0.05, 0) is 61.3 Å². The summed E-state index contributed by atoms with van der Waals surface area (Å²) in [6.45, 7) is 5.65. The van der Waals surface area contributed by atoms with Crippen molar-refractivity contribution < 1.29 is 401 Å². The number of aromatic carboxylic acids is 1. The number of imidazole rings is 2. The normalized spacial score (nSPS) is 8.62. The lowest BCUT2D eigenvalue weighted by Crippen LogP contribution is -2.48. The maximum Gasteiger partial charge on any atom is 0.409 e. The predicted molar refractivity (Wildman–Crippen MR) is 316 cm³/mol. The number of carboxylic acids is 1. The molecule has 2 aromatic carbocycles. The van der Waals surface area contributed by atoms with E-state index in [-0.39, 0.29) is 52.7 Å². The first-order chi connectivity index (χ1) is 72.7. The van der Waals surface area contributed by atoms with Crippen LogP contribution in [0.1, 0.15) is 66.7 Å². The number of nitrogens with one attached hydrogen (secondary N) is 1. The molecule has 0 radical (unpaired) electrons. The number of carbonyl (C=O) groups excluding carboxylic acids is 3. The van der Waals surface area contributed by atoms with E-state index in [0.29, 0.717) is 66.5 Å². The van der Waals surface area contributed by atoms with Crippen molar-refractivity contribution in [1.29, 1.82) is 0 Å². The highest BCUT2D eigenvalue weighted by molar-refractivity contribution is 6.04. The van der Waals surface area contributed by atoms with E-state index in [1.165, 1.54) is 25.3 Å². The number of carbonyl (C=O) groups is 4. The monoisotopic (exact) mass is 2330 g/mol. The number of rotatable bonds is 7. The minimum absolute atomic E-state index is 0.0382. The lowest BCUT2D eigenvalue weighted by molar-refractivity contribution is 0.0687. The molecule has 0 atom stereocenters. The number of anilines is 2. The number of halogens is 76. The molecule has 21 nitrogen and oxygen atoms in total. The zero-order chi connectivity index (χ0) is 129. The number of aryl methyl sites for hydroxylation is 2. The standard InChI is InChI=1S/C22H20N6O4.C14H16N4O3.C8H6N2O2.38F2/c1-13-6-7-14(19-25-21(32-26-19)15-11-27(12-15)22(30)31-2)9-16(13)24-20(29)17-10-23-18-5-3-4-8-28(17)18;1-8-3-4-9(5-11(8)15)12-16-13(21-17-12)10-6-18(7-10)14(19)20-2;11-8(12)6-5-9-7-3-1-2-4-10(6)7;38*1-2/h3-10,15H,11-12H2,1-2H3,(H,24,29);3-5,10H,6-7,15H2,1-2H3;1-5H,(H,11,12);;;;;;;;;;;;;;;;;;;;;;;;;;;;;;;;;;;;;;/i3D,4D,5D,8D;;1D,2D,3D,4D;;;;;;;;;;;;;;;;;;;;;;;;;;;;;;;;;;;;;;. The highest BCUT2D eigenvalue weighted by atomic mass is 20.1. The van der Waals surface area contributed by atoms with E-state index in [2.05, 4.69) is 45.0 Å². The number of benzene rings is 2. The quantitative estimate of drug-likeness (QED) is 0.0989. The van der Waals surface area contributed by atoms with Crippen LogP contribution in [0.2, 0.25) is 0 Å². The molecule has 6 aromatic heterocycles. The van der Waals surface area contributed by atoms with E-state index in [9.17, 15) is 19.2 Å². The van der Waals surface area contributed by atoms with E-state index in [4.69, 9.17) is 378 Å². The van der Waals surface area contributed by atoms with Crippen LogP contribution in [0.3, 0.4) is 0 Å². The van der Waals surface area contributed by atoms with Crippen LogP contribution in [-0.4, -0.2) is 118 Å². The number of pyridine rings is 2. The summed E-state index contributed by atoms with van der Waals surface area (Å²) in [5.74, 6) is -0.156. The fourth-order valence-corrected chi connectivity index (χ4v) is 6.48. The summed E-state index contributed by atoms with van der Waals surface area (Å²) >= 11 is 0. The average Bonchev–Trinajstić information content (AvgIpc) is 1.63. The number of carboxylic acid groups (broad SMARTS) is 1. The van der Waals surface area contributed by atoms with E-state index in [0.717, 1.165) is 31.7 Å². The summed E-state index contributed by atoms with van der Waals surface area (Å²) in [6, 6.07) is 8.40. The third-order valence-electron chi connectivity index (χ3n) is 10.3. The molecular formula is C44H42F76N12O9. The van der Waals surface area contributed by atoms with Crippen LogP contribution in [0, 0.1) is 13.8 Å². The second-order valence-electron chi connectivity index (χ2n) is 14.5. The summed E-state index contributed by atoms with van der Waals surface area (Å²) in [6.07, 6.45) is 0.613.